The number of carbonyl (C=O) groups is 1. The number of amides is 1. The summed E-state index contributed by atoms with van der Waals surface area (Å²) in [6.45, 7) is 5.36. The molecule has 1 N–H and O–H groups in total. The van der Waals surface area contributed by atoms with Gasteiger partial charge >= 0.3 is 6.09 Å². The molecule has 0 unspecified atom stereocenters. The zero-order chi connectivity index (χ0) is 26.7. The summed E-state index contributed by atoms with van der Waals surface area (Å²) in [5.74, 6) is 1.50. The van der Waals surface area contributed by atoms with E-state index < -0.39 is 0 Å². The Morgan fingerprint density at radius 3 is 2.08 bits per heavy atom. The van der Waals surface area contributed by atoms with Crippen LogP contribution in [0, 0.1) is 0 Å². The van der Waals surface area contributed by atoms with Gasteiger partial charge in [-0.25, -0.2) is 4.79 Å². The lowest BCUT2D eigenvalue weighted by atomic mass is 10.0. The lowest BCUT2D eigenvalue weighted by Crippen LogP contribution is -2.44. The number of nitrogens with one attached hydrogen (secondary N) is 1. The number of likely N-dealkylation sites (tertiary alicyclic amines) is 1. The number of benzene rings is 3. The molecule has 3 aromatic carbocycles. The van der Waals surface area contributed by atoms with Gasteiger partial charge < -0.3 is 24.4 Å². The average molecular weight is 518 g/mol. The summed E-state index contributed by atoms with van der Waals surface area (Å²) in [5, 5.41) is 3.56. The maximum atomic E-state index is 12.9. The Balaban J connectivity index is 1.28. The Morgan fingerprint density at radius 1 is 0.921 bits per heavy atom. The molecule has 0 aromatic heterocycles. The second-order valence-corrected chi connectivity index (χ2v) is 9.77. The highest BCUT2D eigenvalue weighted by Crippen LogP contribution is 2.30. The fraction of sp³-hybridized carbons (Fsp3) is 0.387. The van der Waals surface area contributed by atoms with E-state index in [1.54, 1.807) is 14.2 Å². The number of ether oxygens (including phenoxy) is 3. The average Bonchev–Trinajstić information content (AvgIpc) is 2.97. The third kappa shape index (κ3) is 7.65. The highest BCUT2D eigenvalue weighted by atomic mass is 16.6. The zero-order valence-electron chi connectivity index (χ0n) is 22.6. The van der Waals surface area contributed by atoms with Crippen LogP contribution in [0.15, 0.2) is 78.9 Å². The minimum absolute atomic E-state index is 0.0705. The summed E-state index contributed by atoms with van der Waals surface area (Å²) in [6.07, 6.45) is 1.44. The van der Waals surface area contributed by atoms with Gasteiger partial charge in [0.05, 0.1) is 19.9 Å². The molecule has 202 valence electrons. The molecule has 7 nitrogen and oxygen atoms in total. The number of rotatable bonds is 11. The van der Waals surface area contributed by atoms with Crippen molar-refractivity contribution in [2.24, 2.45) is 0 Å². The van der Waals surface area contributed by atoms with Gasteiger partial charge in [-0.15, -0.1) is 0 Å². The molecule has 1 saturated heterocycles. The number of nitrogens with zero attached hydrogens (tertiary/aromatic N) is 2. The van der Waals surface area contributed by atoms with Gasteiger partial charge in [-0.1, -0.05) is 60.7 Å². The van der Waals surface area contributed by atoms with Crippen LogP contribution in [0.1, 0.15) is 30.9 Å². The van der Waals surface area contributed by atoms with Crippen LogP contribution >= 0.6 is 0 Å². The summed E-state index contributed by atoms with van der Waals surface area (Å²) >= 11 is 0. The lowest BCUT2D eigenvalue weighted by Gasteiger charge is -2.33. The Hall–Kier alpha value is -3.71. The first-order valence-corrected chi connectivity index (χ1v) is 13.3. The first-order chi connectivity index (χ1) is 18.6. The quantitative estimate of drug-likeness (QED) is 0.346. The fourth-order valence-electron chi connectivity index (χ4n) is 4.74. The Morgan fingerprint density at radius 2 is 1.53 bits per heavy atom. The van der Waals surface area contributed by atoms with E-state index in [1.165, 1.54) is 11.1 Å². The summed E-state index contributed by atoms with van der Waals surface area (Å²) in [4.78, 5) is 17.1. The number of hydrogen-bond acceptors (Lipinski definition) is 6. The molecule has 0 spiro atoms. The second-order valence-electron chi connectivity index (χ2n) is 9.77. The van der Waals surface area contributed by atoms with Crippen molar-refractivity contribution in [3.8, 4) is 11.5 Å². The van der Waals surface area contributed by atoms with E-state index in [4.69, 9.17) is 14.2 Å². The van der Waals surface area contributed by atoms with E-state index in [9.17, 15) is 4.79 Å². The van der Waals surface area contributed by atoms with Crippen molar-refractivity contribution in [1.82, 2.24) is 9.80 Å². The molecule has 0 saturated carbocycles. The highest BCUT2D eigenvalue weighted by Gasteiger charge is 2.25. The number of piperidine rings is 1. The Bertz CT molecular complexity index is 1090. The molecular formula is C31H39N3O4. The number of hydrogen-bond donors (Lipinski definition) is 1. The topological polar surface area (TPSA) is 63.3 Å². The first kappa shape index (κ1) is 27.3. The van der Waals surface area contributed by atoms with Crippen molar-refractivity contribution >= 4 is 11.8 Å². The van der Waals surface area contributed by atoms with E-state index in [2.05, 4.69) is 65.7 Å². The van der Waals surface area contributed by atoms with Gasteiger partial charge in [-0.3, -0.25) is 4.90 Å². The van der Waals surface area contributed by atoms with Crippen LogP contribution in [0.5, 0.6) is 11.5 Å². The van der Waals surface area contributed by atoms with Crippen LogP contribution in [0.25, 0.3) is 0 Å². The summed E-state index contributed by atoms with van der Waals surface area (Å²) in [6, 6.07) is 26.9. The van der Waals surface area contributed by atoms with Crippen LogP contribution in [0.3, 0.4) is 0 Å². The summed E-state index contributed by atoms with van der Waals surface area (Å²) < 4.78 is 16.6. The van der Waals surface area contributed by atoms with E-state index in [0.717, 1.165) is 43.1 Å². The van der Waals surface area contributed by atoms with E-state index in [1.807, 2.05) is 35.2 Å². The van der Waals surface area contributed by atoms with Crippen molar-refractivity contribution < 1.29 is 19.0 Å². The third-order valence-electron chi connectivity index (χ3n) is 7.05. The molecule has 0 aliphatic carbocycles. The normalized spacial score (nSPS) is 14.7. The summed E-state index contributed by atoms with van der Waals surface area (Å²) in [5.41, 5.74) is 3.41. The molecule has 1 atom stereocenters. The van der Waals surface area contributed by atoms with E-state index in [-0.39, 0.29) is 18.2 Å². The predicted molar refractivity (Wildman–Crippen MR) is 151 cm³/mol. The molecule has 38 heavy (non-hydrogen) atoms. The predicted octanol–water partition coefficient (Wildman–Crippen LogP) is 5.81. The molecule has 1 heterocycles. The van der Waals surface area contributed by atoms with Gasteiger partial charge in [0.2, 0.25) is 0 Å². The molecule has 0 bridgehead atoms. The van der Waals surface area contributed by atoms with Gasteiger partial charge in [0.1, 0.15) is 18.1 Å². The molecule has 7 heteroatoms. The van der Waals surface area contributed by atoms with E-state index in [0.29, 0.717) is 19.7 Å². The maximum Gasteiger partial charge on any atom is 0.409 e. The fourth-order valence-corrected chi connectivity index (χ4v) is 4.74. The second kappa shape index (κ2) is 13.7. The van der Waals surface area contributed by atoms with Crippen LogP contribution in [-0.2, 0) is 17.8 Å². The molecule has 0 radical (unpaired) electrons. The maximum absolute atomic E-state index is 12.9. The van der Waals surface area contributed by atoms with Crippen LogP contribution < -0.4 is 14.8 Å². The minimum atomic E-state index is -0.239. The smallest absolute Gasteiger partial charge is 0.409 e. The third-order valence-corrected chi connectivity index (χ3v) is 7.05. The van der Waals surface area contributed by atoms with Crippen molar-refractivity contribution in [2.75, 3.05) is 39.2 Å². The standard InChI is InChI=1S/C31H39N3O4/c1-24(34(21-25-10-6-4-7-11-25)22-26-12-8-5-9-13-26)23-38-31(35)33-18-16-27(17-19-33)32-29-15-14-28(36-2)20-30(29)37-3/h4-15,20,24,27,32H,16-19,21-23H2,1-3H3/t24-/m0/s1. The van der Waals surface area contributed by atoms with Crippen molar-refractivity contribution in [3.05, 3.63) is 90.0 Å². The van der Waals surface area contributed by atoms with Crippen LogP contribution in [0.4, 0.5) is 10.5 Å². The summed E-state index contributed by atoms with van der Waals surface area (Å²) in [7, 11) is 3.29. The van der Waals surface area contributed by atoms with Crippen LogP contribution in [0.2, 0.25) is 0 Å². The molecular weight excluding hydrogens is 478 g/mol. The molecule has 4 rings (SSSR count). The molecule has 1 aliphatic rings. The van der Waals surface area contributed by atoms with Gasteiger partial charge in [0, 0.05) is 44.3 Å². The van der Waals surface area contributed by atoms with Crippen molar-refractivity contribution in [2.45, 2.75) is 44.9 Å². The molecule has 3 aromatic rings. The van der Waals surface area contributed by atoms with Gasteiger partial charge in [0.25, 0.3) is 0 Å². The first-order valence-electron chi connectivity index (χ1n) is 13.3. The van der Waals surface area contributed by atoms with Gasteiger partial charge in [0.15, 0.2) is 0 Å². The number of methoxy groups -OCH3 is 2. The van der Waals surface area contributed by atoms with Crippen LogP contribution in [-0.4, -0.2) is 61.9 Å². The molecule has 1 amide bonds. The molecule has 1 fully saturated rings. The minimum Gasteiger partial charge on any atom is -0.497 e. The SMILES string of the molecule is COc1ccc(NC2CCN(C(=O)OC[C@H](C)N(Cc3ccccc3)Cc3ccccc3)CC2)c(OC)c1. The Kier molecular flexibility index (Phi) is 9.87. The lowest BCUT2D eigenvalue weighted by molar-refractivity contribution is 0.0595. The number of anilines is 1. The highest BCUT2D eigenvalue weighted by molar-refractivity contribution is 5.68. The van der Waals surface area contributed by atoms with Gasteiger partial charge in [-0.05, 0) is 43.0 Å². The Labute approximate surface area is 226 Å². The monoisotopic (exact) mass is 517 g/mol. The molecule has 1 aliphatic heterocycles. The van der Waals surface area contributed by atoms with E-state index >= 15 is 0 Å². The zero-order valence-corrected chi connectivity index (χ0v) is 22.6. The number of carbonyl (C=O) groups excluding carboxylic acids is 1. The van der Waals surface area contributed by atoms with Gasteiger partial charge in [-0.2, -0.15) is 0 Å². The van der Waals surface area contributed by atoms with Crippen molar-refractivity contribution in [1.29, 1.82) is 0 Å². The van der Waals surface area contributed by atoms with Crippen molar-refractivity contribution in [3.63, 3.8) is 0 Å². The largest absolute Gasteiger partial charge is 0.497 e.